The predicted molar refractivity (Wildman–Crippen MR) is 66.5 cm³/mol. The molecule has 2 aromatic rings. The average molecular weight is 212 g/mol. The molecule has 0 atom stereocenters. The topological polar surface area (TPSA) is 28.7 Å². The van der Waals surface area contributed by atoms with Crippen molar-refractivity contribution >= 4 is 10.9 Å². The zero-order valence-electron chi connectivity index (χ0n) is 10.2. The summed E-state index contributed by atoms with van der Waals surface area (Å²) in [6, 6.07) is 8.70. The Morgan fingerprint density at radius 3 is 2.56 bits per heavy atom. The molecule has 0 N–H and O–H groups in total. The van der Waals surface area contributed by atoms with Gasteiger partial charge in [-0.3, -0.25) is 0 Å². The van der Waals surface area contributed by atoms with Gasteiger partial charge < -0.3 is 4.57 Å². The van der Waals surface area contributed by atoms with Crippen LogP contribution in [0.2, 0.25) is 0 Å². The molecule has 0 unspecified atom stereocenters. The molecule has 2 rings (SSSR count). The third-order valence-corrected chi connectivity index (χ3v) is 3.29. The fraction of sp³-hybridized carbons (Fsp3) is 0.357. The molecule has 0 aliphatic heterocycles. The number of hydrogen-bond donors (Lipinski definition) is 0. The van der Waals surface area contributed by atoms with Crippen LogP contribution in [0.15, 0.2) is 18.2 Å². The van der Waals surface area contributed by atoms with Gasteiger partial charge in [0.15, 0.2) is 0 Å². The van der Waals surface area contributed by atoms with E-state index < -0.39 is 0 Å². The molecule has 0 radical (unpaired) electrons. The first-order chi connectivity index (χ1) is 7.56. The van der Waals surface area contributed by atoms with Gasteiger partial charge in [-0.25, -0.2) is 0 Å². The molecule has 16 heavy (non-hydrogen) atoms. The standard InChI is InChI=1S/C14H16N2/c1-9(2)11-5-6-14-12(7-11)13(8-15)10(3)16(14)4/h5-7,9H,1-4H3. The third-order valence-electron chi connectivity index (χ3n) is 3.29. The first-order valence-corrected chi connectivity index (χ1v) is 5.55. The first kappa shape index (κ1) is 10.8. The van der Waals surface area contributed by atoms with Crippen LogP contribution in [0.1, 0.15) is 36.6 Å². The van der Waals surface area contributed by atoms with E-state index in [9.17, 15) is 5.26 Å². The maximum absolute atomic E-state index is 9.20. The predicted octanol–water partition coefficient (Wildman–Crippen LogP) is 3.48. The van der Waals surface area contributed by atoms with Gasteiger partial charge in [-0.05, 0) is 30.5 Å². The maximum atomic E-state index is 9.20. The van der Waals surface area contributed by atoms with Crippen molar-refractivity contribution in [3.05, 3.63) is 35.0 Å². The van der Waals surface area contributed by atoms with E-state index in [1.165, 1.54) is 5.56 Å². The van der Waals surface area contributed by atoms with Gasteiger partial charge in [-0.1, -0.05) is 19.9 Å². The number of nitrogens with zero attached hydrogens (tertiary/aromatic N) is 2. The van der Waals surface area contributed by atoms with Gasteiger partial charge in [0.1, 0.15) is 6.07 Å². The van der Waals surface area contributed by atoms with Crippen molar-refractivity contribution in [2.45, 2.75) is 26.7 Å². The Morgan fingerprint density at radius 2 is 2.00 bits per heavy atom. The number of nitriles is 1. The molecule has 0 aliphatic carbocycles. The normalized spacial score (nSPS) is 11.0. The number of aryl methyl sites for hydroxylation is 1. The van der Waals surface area contributed by atoms with Crippen molar-refractivity contribution in [1.29, 1.82) is 5.26 Å². The van der Waals surface area contributed by atoms with Crippen molar-refractivity contribution in [2.75, 3.05) is 0 Å². The van der Waals surface area contributed by atoms with E-state index >= 15 is 0 Å². The summed E-state index contributed by atoms with van der Waals surface area (Å²) in [6.45, 7) is 6.33. The molecule has 2 heteroatoms. The second kappa shape index (κ2) is 3.68. The molecule has 1 aromatic heterocycles. The number of hydrogen-bond acceptors (Lipinski definition) is 1. The maximum Gasteiger partial charge on any atom is 0.102 e. The summed E-state index contributed by atoms with van der Waals surface area (Å²) in [5.41, 5.74) is 4.27. The van der Waals surface area contributed by atoms with Crippen LogP contribution in [-0.2, 0) is 7.05 Å². The van der Waals surface area contributed by atoms with Crippen LogP contribution in [0.25, 0.3) is 10.9 Å². The van der Waals surface area contributed by atoms with Crippen LogP contribution in [0, 0.1) is 18.3 Å². The van der Waals surface area contributed by atoms with Gasteiger partial charge in [0, 0.05) is 23.6 Å². The Balaban J connectivity index is 2.83. The quantitative estimate of drug-likeness (QED) is 0.711. The lowest BCUT2D eigenvalue weighted by Crippen LogP contribution is -1.90. The van der Waals surface area contributed by atoms with Gasteiger partial charge in [-0.15, -0.1) is 0 Å². The minimum atomic E-state index is 0.497. The van der Waals surface area contributed by atoms with Gasteiger partial charge in [0.05, 0.1) is 5.56 Å². The molecule has 0 spiro atoms. The van der Waals surface area contributed by atoms with Gasteiger partial charge in [0.2, 0.25) is 0 Å². The van der Waals surface area contributed by atoms with Crippen LogP contribution < -0.4 is 0 Å². The number of fused-ring (bicyclic) bond motifs is 1. The van der Waals surface area contributed by atoms with Crippen molar-refractivity contribution in [3.8, 4) is 6.07 Å². The second-order valence-corrected chi connectivity index (χ2v) is 4.56. The highest BCUT2D eigenvalue weighted by molar-refractivity contribution is 5.88. The van der Waals surface area contributed by atoms with E-state index in [2.05, 4.69) is 42.7 Å². The summed E-state index contributed by atoms with van der Waals surface area (Å²) in [5.74, 6) is 0.497. The zero-order valence-corrected chi connectivity index (χ0v) is 10.2. The van der Waals surface area contributed by atoms with E-state index in [1.54, 1.807) is 0 Å². The van der Waals surface area contributed by atoms with E-state index in [0.29, 0.717) is 5.92 Å². The van der Waals surface area contributed by atoms with Crippen LogP contribution in [-0.4, -0.2) is 4.57 Å². The lowest BCUT2D eigenvalue weighted by Gasteiger charge is -2.05. The number of benzene rings is 1. The van der Waals surface area contributed by atoms with Gasteiger partial charge in [0.25, 0.3) is 0 Å². The highest BCUT2D eigenvalue weighted by Gasteiger charge is 2.12. The molecular formula is C14H16N2. The third kappa shape index (κ3) is 1.40. The van der Waals surface area contributed by atoms with E-state index in [4.69, 9.17) is 0 Å². The summed E-state index contributed by atoms with van der Waals surface area (Å²) in [7, 11) is 2.01. The largest absolute Gasteiger partial charge is 0.347 e. The molecule has 2 nitrogen and oxygen atoms in total. The Kier molecular flexibility index (Phi) is 2.47. The summed E-state index contributed by atoms with van der Waals surface area (Å²) < 4.78 is 2.08. The molecule has 1 aromatic carbocycles. The Bertz CT molecular complexity index is 583. The Morgan fingerprint density at radius 1 is 1.31 bits per heavy atom. The lowest BCUT2D eigenvalue weighted by molar-refractivity contribution is 0.867. The van der Waals surface area contributed by atoms with Crippen molar-refractivity contribution in [3.63, 3.8) is 0 Å². The number of rotatable bonds is 1. The fourth-order valence-electron chi connectivity index (χ4n) is 2.09. The fourth-order valence-corrected chi connectivity index (χ4v) is 2.09. The molecule has 0 aliphatic rings. The average Bonchev–Trinajstić information content (AvgIpc) is 2.51. The zero-order chi connectivity index (χ0) is 11.9. The Labute approximate surface area is 96.1 Å². The van der Waals surface area contributed by atoms with Gasteiger partial charge >= 0.3 is 0 Å². The monoisotopic (exact) mass is 212 g/mol. The van der Waals surface area contributed by atoms with Crippen LogP contribution in [0.3, 0.4) is 0 Å². The van der Waals surface area contributed by atoms with E-state index in [-0.39, 0.29) is 0 Å². The lowest BCUT2D eigenvalue weighted by atomic mass is 10.0. The molecule has 1 heterocycles. The highest BCUT2D eigenvalue weighted by Crippen LogP contribution is 2.27. The van der Waals surface area contributed by atoms with Crippen molar-refractivity contribution < 1.29 is 0 Å². The molecule has 0 saturated heterocycles. The van der Waals surface area contributed by atoms with E-state index in [0.717, 1.165) is 22.2 Å². The summed E-state index contributed by atoms with van der Waals surface area (Å²) in [4.78, 5) is 0. The molecule has 0 fully saturated rings. The van der Waals surface area contributed by atoms with Crippen molar-refractivity contribution in [2.24, 2.45) is 7.05 Å². The molecule has 82 valence electrons. The van der Waals surface area contributed by atoms with Crippen LogP contribution in [0.4, 0.5) is 0 Å². The Hall–Kier alpha value is -1.75. The SMILES string of the molecule is Cc1c(C#N)c2cc(C(C)C)ccc2n1C. The van der Waals surface area contributed by atoms with E-state index in [1.807, 2.05) is 14.0 Å². The molecule has 0 saturated carbocycles. The van der Waals surface area contributed by atoms with Gasteiger partial charge in [-0.2, -0.15) is 5.26 Å². The van der Waals surface area contributed by atoms with Crippen LogP contribution >= 0.6 is 0 Å². The molecular weight excluding hydrogens is 196 g/mol. The van der Waals surface area contributed by atoms with Crippen molar-refractivity contribution in [1.82, 2.24) is 4.57 Å². The second-order valence-electron chi connectivity index (χ2n) is 4.56. The van der Waals surface area contributed by atoms with Crippen LogP contribution in [0.5, 0.6) is 0 Å². The summed E-state index contributed by atoms with van der Waals surface area (Å²) in [6.07, 6.45) is 0. The highest BCUT2D eigenvalue weighted by atomic mass is 14.9. The smallest absolute Gasteiger partial charge is 0.102 e. The summed E-state index contributed by atoms with van der Waals surface area (Å²) in [5, 5.41) is 10.3. The molecule has 0 amide bonds. The molecule has 0 bridgehead atoms. The minimum absolute atomic E-state index is 0.497. The minimum Gasteiger partial charge on any atom is -0.347 e. The first-order valence-electron chi connectivity index (χ1n) is 5.55. The summed E-state index contributed by atoms with van der Waals surface area (Å²) >= 11 is 0. The number of aromatic nitrogens is 1.